The van der Waals surface area contributed by atoms with Crippen LogP contribution in [0.3, 0.4) is 0 Å². The largest absolute Gasteiger partial charge is 1.00 e. The number of aromatic nitrogens is 1. The summed E-state index contributed by atoms with van der Waals surface area (Å²) in [5.74, 6) is 0. The van der Waals surface area contributed by atoms with Gasteiger partial charge in [-0.3, -0.25) is 0 Å². The summed E-state index contributed by atoms with van der Waals surface area (Å²) in [7, 11) is 2.04. The molecule has 0 saturated carbocycles. The van der Waals surface area contributed by atoms with Crippen LogP contribution in [-0.4, -0.2) is 13.1 Å². The minimum absolute atomic E-state index is 0. The molecule has 0 bridgehead atoms. The molecule has 0 saturated heterocycles. The van der Waals surface area contributed by atoms with Gasteiger partial charge in [0, 0.05) is 30.9 Å². The normalized spacial score (nSPS) is 10.9. The van der Waals surface area contributed by atoms with Crippen LogP contribution in [0.25, 0.3) is 12.2 Å². The van der Waals surface area contributed by atoms with Crippen molar-refractivity contribution in [3.63, 3.8) is 0 Å². The maximum atomic E-state index is 2.59. The first-order chi connectivity index (χ1) is 13.7. The van der Waals surface area contributed by atoms with E-state index in [-0.39, 0.29) is 24.0 Å². The Morgan fingerprint density at radius 1 is 0.690 bits per heavy atom. The van der Waals surface area contributed by atoms with E-state index < -0.39 is 0 Å². The number of aryl methyl sites for hydroxylation is 1. The predicted octanol–water partition coefficient (Wildman–Crippen LogP) is 3.65. The van der Waals surface area contributed by atoms with Gasteiger partial charge in [0.25, 0.3) is 0 Å². The maximum Gasteiger partial charge on any atom is 0.169 e. The topological polar surface area (TPSA) is 7.12 Å². The Balaban J connectivity index is 0.00000420. The molecule has 0 aliphatic heterocycles. The fraction of sp³-hybridized carbons (Fsp3) is 0.500. The molecule has 0 fully saturated rings. The van der Waals surface area contributed by atoms with Gasteiger partial charge in [-0.25, -0.2) is 4.57 Å². The molecule has 0 unspecified atom stereocenters. The van der Waals surface area contributed by atoms with Gasteiger partial charge >= 0.3 is 0 Å². The molecule has 0 N–H and O–H groups in total. The lowest BCUT2D eigenvalue weighted by Gasteiger charge is -2.25. The second-order valence-electron chi connectivity index (χ2n) is 7.83. The lowest BCUT2D eigenvalue weighted by Crippen LogP contribution is -3.00. The van der Waals surface area contributed by atoms with Crippen molar-refractivity contribution < 1.29 is 28.5 Å². The third-order valence-electron chi connectivity index (χ3n) is 5.29. The van der Waals surface area contributed by atoms with Crippen molar-refractivity contribution in [1.29, 1.82) is 0 Å². The van der Waals surface area contributed by atoms with Crippen LogP contribution in [0.2, 0.25) is 0 Å². The number of hydrogen-bond donors (Lipinski definition) is 0. The first-order valence-electron chi connectivity index (χ1n) is 11.2. The lowest BCUT2D eigenvalue weighted by atomic mass is 10.1. The molecule has 2 aromatic rings. The molecule has 2 nitrogen and oxygen atoms in total. The summed E-state index contributed by atoms with van der Waals surface area (Å²) in [6.45, 7) is 6.93. The van der Waals surface area contributed by atoms with Crippen LogP contribution in [0.5, 0.6) is 0 Å². The zero-order chi connectivity index (χ0) is 20.0. The summed E-state index contributed by atoms with van der Waals surface area (Å²) >= 11 is 0. The van der Waals surface area contributed by atoms with E-state index in [1.54, 1.807) is 0 Å². The third kappa shape index (κ3) is 10.3. The second-order valence-corrected chi connectivity index (χ2v) is 7.83. The molecule has 0 atom stereocenters. The van der Waals surface area contributed by atoms with Crippen molar-refractivity contribution in [2.24, 2.45) is 7.05 Å². The number of rotatable bonds is 13. The molecular formula is C26H39IN2. The van der Waals surface area contributed by atoms with Gasteiger partial charge < -0.3 is 28.9 Å². The van der Waals surface area contributed by atoms with Crippen LogP contribution in [0, 0.1) is 0 Å². The van der Waals surface area contributed by atoms with Gasteiger partial charge in [0.15, 0.2) is 12.4 Å². The average molecular weight is 507 g/mol. The van der Waals surface area contributed by atoms with Gasteiger partial charge in [0.05, 0.1) is 0 Å². The highest BCUT2D eigenvalue weighted by Gasteiger charge is 2.06. The van der Waals surface area contributed by atoms with E-state index in [1.807, 2.05) is 7.05 Å². The van der Waals surface area contributed by atoms with Crippen molar-refractivity contribution in [2.45, 2.75) is 65.2 Å². The van der Waals surface area contributed by atoms with E-state index >= 15 is 0 Å². The number of unbranched alkanes of at least 4 members (excludes halogenated alkanes) is 6. The second kappa shape index (κ2) is 15.5. The van der Waals surface area contributed by atoms with Crippen LogP contribution in [0.1, 0.15) is 76.3 Å². The van der Waals surface area contributed by atoms with Crippen molar-refractivity contribution in [3.05, 3.63) is 59.9 Å². The molecule has 0 radical (unpaired) electrons. The summed E-state index contributed by atoms with van der Waals surface area (Å²) < 4.78 is 2.06. The summed E-state index contributed by atoms with van der Waals surface area (Å²) in [5.41, 5.74) is 3.86. The fourth-order valence-corrected chi connectivity index (χ4v) is 3.44. The standard InChI is InChI=1S/C26H39N2.HI/c1-4-6-8-10-20-28(21-11-9-7-5-2)26-16-14-24(15-17-26)12-13-25-18-22-27(3)23-19-25;/h12-19,22-23H,4-11,20-21H2,1-3H3;1H/q+1;/p-1. The molecule has 0 spiro atoms. The highest BCUT2D eigenvalue weighted by atomic mass is 127. The zero-order valence-corrected chi connectivity index (χ0v) is 20.8. The molecule has 1 aromatic heterocycles. The fourth-order valence-electron chi connectivity index (χ4n) is 3.44. The number of benzene rings is 1. The molecule has 1 aromatic carbocycles. The number of anilines is 1. The van der Waals surface area contributed by atoms with Crippen LogP contribution in [0.15, 0.2) is 48.8 Å². The number of pyridine rings is 1. The minimum atomic E-state index is 0. The Morgan fingerprint density at radius 3 is 1.66 bits per heavy atom. The number of hydrogen-bond acceptors (Lipinski definition) is 1. The molecule has 3 heteroatoms. The summed E-state index contributed by atoms with van der Waals surface area (Å²) in [4.78, 5) is 2.59. The first-order valence-corrected chi connectivity index (χ1v) is 11.2. The predicted molar refractivity (Wildman–Crippen MR) is 123 cm³/mol. The average Bonchev–Trinajstić information content (AvgIpc) is 2.73. The van der Waals surface area contributed by atoms with Gasteiger partial charge in [0.2, 0.25) is 0 Å². The molecule has 160 valence electrons. The molecule has 1 heterocycles. The minimum Gasteiger partial charge on any atom is -1.00 e. The molecule has 0 aliphatic rings. The Morgan fingerprint density at radius 2 is 1.17 bits per heavy atom. The van der Waals surface area contributed by atoms with E-state index in [9.17, 15) is 0 Å². The Bertz CT molecular complexity index is 665. The van der Waals surface area contributed by atoms with E-state index in [0.29, 0.717) is 0 Å². The van der Waals surface area contributed by atoms with Crippen molar-refractivity contribution >= 4 is 17.8 Å². The monoisotopic (exact) mass is 506 g/mol. The quantitative estimate of drug-likeness (QED) is 0.229. The van der Waals surface area contributed by atoms with Crippen LogP contribution >= 0.6 is 0 Å². The SMILES string of the molecule is CCCCCCN(CCCCCC)c1ccc(/C=C/c2cc[n+](C)cc2)cc1.[I-]. The van der Waals surface area contributed by atoms with Crippen LogP contribution in [0.4, 0.5) is 5.69 Å². The summed E-state index contributed by atoms with van der Waals surface area (Å²) in [5, 5.41) is 0. The van der Waals surface area contributed by atoms with Gasteiger partial charge in [-0.05, 0) is 36.1 Å². The smallest absolute Gasteiger partial charge is 0.169 e. The third-order valence-corrected chi connectivity index (χ3v) is 5.29. The Kier molecular flexibility index (Phi) is 13.7. The van der Waals surface area contributed by atoms with Gasteiger partial charge in [0.1, 0.15) is 7.05 Å². The Labute approximate surface area is 196 Å². The number of nitrogens with zero attached hydrogens (tertiary/aromatic N) is 2. The van der Waals surface area contributed by atoms with Gasteiger partial charge in [-0.1, -0.05) is 76.7 Å². The van der Waals surface area contributed by atoms with Crippen LogP contribution in [-0.2, 0) is 7.05 Å². The highest BCUT2D eigenvalue weighted by molar-refractivity contribution is 5.70. The van der Waals surface area contributed by atoms with E-state index in [4.69, 9.17) is 0 Å². The van der Waals surface area contributed by atoms with Gasteiger partial charge in [-0.2, -0.15) is 0 Å². The molecule has 0 aliphatic carbocycles. The molecule has 0 amide bonds. The van der Waals surface area contributed by atoms with Crippen molar-refractivity contribution in [1.82, 2.24) is 0 Å². The summed E-state index contributed by atoms with van der Waals surface area (Å²) in [6.07, 6.45) is 19.1. The highest BCUT2D eigenvalue weighted by Crippen LogP contribution is 2.19. The van der Waals surface area contributed by atoms with Crippen molar-refractivity contribution in [2.75, 3.05) is 18.0 Å². The van der Waals surface area contributed by atoms with Crippen LogP contribution < -0.4 is 33.4 Å². The van der Waals surface area contributed by atoms with Crippen molar-refractivity contribution in [3.8, 4) is 0 Å². The number of halogens is 1. The van der Waals surface area contributed by atoms with E-state index in [0.717, 1.165) is 0 Å². The van der Waals surface area contributed by atoms with E-state index in [2.05, 4.69) is 84.3 Å². The van der Waals surface area contributed by atoms with E-state index in [1.165, 1.54) is 81.3 Å². The zero-order valence-electron chi connectivity index (χ0n) is 18.6. The van der Waals surface area contributed by atoms with Gasteiger partial charge in [-0.15, -0.1) is 0 Å². The molecule has 29 heavy (non-hydrogen) atoms. The lowest BCUT2D eigenvalue weighted by molar-refractivity contribution is -0.671. The molecular weight excluding hydrogens is 467 g/mol. The Hall–Kier alpha value is -1.36. The first kappa shape index (κ1) is 25.7. The maximum absolute atomic E-state index is 2.59. The summed E-state index contributed by atoms with van der Waals surface area (Å²) in [6, 6.07) is 13.4. The molecule has 2 rings (SSSR count).